The topological polar surface area (TPSA) is 74.7 Å². The second-order valence-corrected chi connectivity index (χ2v) is 5.83. The molecule has 0 fully saturated rings. The number of hydrogen-bond donors (Lipinski definition) is 1. The van der Waals surface area contributed by atoms with Crippen molar-refractivity contribution < 1.29 is 22.7 Å². The number of carboxylic acids is 1. The van der Waals surface area contributed by atoms with Gasteiger partial charge in [-0.25, -0.2) is 12.8 Å². The molecule has 0 unspecified atom stereocenters. The van der Waals surface area contributed by atoms with Gasteiger partial charge in [0.2, 0.25) is 10.0 Å². The predicted molar refractivity (Wildman–Crippen MR) is 63.1 cm³/mol. The minimum absolute atomic E-state index is 0.514. The Morgan fingerprint density at radius 2 is 1.94 bits per heavy atom. The number of rotatable bonds is 5. The summed E-state index contributed by atoms with van der Waals surface area (Å²) in [6.07, 6.45) is 0. The van der Waals surface area contributed by atoms with Crippen LogP contribution in [0, 0.1) is 5.82 Å². The smallest absolute Gasteiger partial charge is 0.318 e. The minimum Gasteiger partial charge on any atom is -0.480 e. The number of aliphatic carboxylic acids is 1. The first-order valence-electron chi connectivity index (χ1n) is 5.25. The summed E-state index contributed by atoms with van der Waals surface area (Å²) in [7, 11) is -4.15. The van der Waals surface area contributed by atoms with Gasteiger partial charge in [-0.15, -0.1) is 0 Å². The molecular formula is C11H14FNO4S. The van der Waals surface area contributed by atoms with Gasteiger partial charge in [0.05, 0.1) is 0 Å². The van der Waals surface area contributed by atoms with Gasteiger partial charge >= 0.3 is 5.97 Å². The molecule has 100 valence electrons. The fourth-order valence-corrected chi connectivity index (χ4v) is 3.11. The van der Waals surface area contributed by atoms with Crippen LogP contribution in [0.4, 0.5) is 4.39 Å². The van der Waals surface area contributed by atoms with E-state index in [1.54, 1.807) is 0 Å². The van der Waals surface area contributed by atoms with Crippen LogP contribution in [0.2, 0.25) is 0 Å². The summed E-state index contributed by atoms with van der Waals surface area (Å²) in [5.41, 5.74) is 0. The Kier molecular flexibility index (Phi) is 4.42. The number of sulfonamides is 1. The van der Waals surface area contributed by atoms with Crippen LogP contribution in [-0.2, 0) is 14.8 Å². The summed E-state index contributed by atoms with van der Waals surface area (Å²) in [6.45, 7) is 2.36. The Morgan fingerprint density at radius 1 is 1.39 bits per heavy atom. The molecule has 0 heterocycles. The maximum absolute atomic E-state index is 13.5. The van der Waals surface area contributed by atoms with Crippen molar-refractivity contribution in [2.24, 2.45) is 0 Å². The lowest BCUT2D eigenvalue weighted by Crippen LogP contribution is -2.40. The molecule has 0 atom stereocenters. The molecule has 0 spiro atoms. The Morgan fingerprint density at radius 3 is 2.39 bits per heavy atom. The molecule has 1 N–H and O–H groups in total. The van der Waals surface area contributed by atoms with Crippen LogP contribution in [0.25, 0.3) is 0 Å². The lowest BCUT2D eigenvalue weighted by atomic mass is 10.3. The standard InChI is InChI=1S/C11H14FNO4S/c1-8(2)13(7-11(14)15)18(16,17)10-6-4-3-5-9(10)12/h3-6,8H,7H2,1-2H3,(H,14,15). The molecule has 1 rings (SSSR count). The summed E-state index contributed by atoms with van der Waals surface area (Å²) in [5, 5.41) is 8.71. The van der Waals surface area contributed by atoms with Gasteiger partial charge in [0.25, 0.3) is 0 Å². The second-order valence-electron chi connectivity index (χ2n) is 3.97. The molecule has 1 aromatic rings. The second kappa shape index (κ2) is 5.45. The van der Waals surface area contributed by atoms with Crippen molar-refractivity contribution in [2.75, 3.05) is 6.54 Å². The van der Waals surface area contributed by atoms with Crippen molar-refractivity contribution in [3.63, 3.8) is 0 Å². The lowest BCUT2D eigenvalue weighted by molar-refractivity contribution is -0.137. The highest BCUT2D eigenvalue weighted by atomic mass is 32.2. The molecule has 0 aromatic heterocycles. The van der Waals surface area contributed by atoms with Crippen LogP contribution >= 0.6 is 0 Å². The van der Waals surface area contributed by atoms with E-state index in [1.165, 1.54) is 26.0 Å². The molecule has 0 radical (unpaired) electrons. The van der Waals surface area contributed by atoms with Crippen molar-refractivity contribution in [3.05, 3.63) is 30.1 Å². The SMILES string of the molecule is CC(C)N(CC(=O)O)S(=O)(=O)c1ccccc1F. The molecule has 0 aliphatic carbocycles. The van der Waals surface area contributed by atoms with Gasteiger partial charge in [0, 0.05) is 6.04 Å². The van der Waals surface area contributed by atoms with Crippen LogP contribution in [-0.4, -0.2) is 36.4 Å². The van der Waals surface area contributed by atoms with Crippen molar-refractivity contribution in [1.82, 2.24) is 4.31 Å². The summed E-state index contributed by atoms with van der Waals surface area (Å²) in [5.74, 6) is -2.18. The van der Waals surface area contributed by atoms with E-state index in [9.17, 15) is 17.6 Å². The van der Waals surface area contributed by atoms with E-state index in [1.807, 2.05) is 0 Å². The van der Waals surface area contributed by atoms with Crippen LogP contribution < -0.4 is 0 Å². The lowest BCUT2D eigenvalue weighted by Gasteiger charge is -2.24. The number of benzene rings is 1. The zero-order valence-corrected chi connectivity index (χ0v) is 10.8. The summed E-state index contributed by atoms with van der Waals surface area (Å²) in [4.78, 5) is 10.2. The van der Waals surface area contributed by atoms with E-state index < -0.39 is 39.3 Å². The van der Waals surface area contributed by atoms with Gasteiger partial charge in [-0.2, -0.15) is 4.31 Å². The molecule has 0 saturated heterocycles. The Labute approximate surface area is 105 Å². The molecule has 0 aliphatic rings. The van der Waals surface area contributed by atoms with Crippen LogP contribution in [0.15, 0.2) is 29.2 Å². The highest BCUT2D eigenvalue weighted by Crippen LogP contribution is 2.20. The first-order chi connectivity index (χ1) is 8.26. The van der Waals surface area contributed by atoms with E-state index in [2.05, 4.69) is 0 Å². The number of carboxylic acid groups (broad SMARTS) is 1. The fraction of sp³-hybridized carbons (Fsp3) is 0.364. The minimum atomic E-state index is -4.15. The third-order valence-electron chi connectivity index (χ3n) is 2.29. The van der Waals surface area contributed by atoms with E-state index in [-0.39, 0.29) is 0 Å². The van der Waals surface area contributed by atoms with Gasteiger partial charge in [0.1, 0.15) is 17.3 Å². The normalized spacial score (nSPS) is 12.1. The first kappa shape index (κ1) is 14.6. The maximum Gasteiger partial charge on any atom is 0.318 e. The Bertz CT molecular complexity index is 542. The zero-order chi connectivity index (χ0) is 13.9. The average molecular weight is 275 g/mol. The Balaban J connectivity index is 3.26. The van der Waals surface area contributed by atoms with Gasteiger partial charge < -0.3 is 5.11 Å². The van der Waals surface area contributed by atoms with Crippen LogP contribution in [0.5, 0.6) is 0 Å². The van der Waals surface area contributed by atoms with Gasteiger partial charge in [-0.3, -0.25) is 4.79 Å². The third-order valence-corrected chi connectivity index (χ3v) is 4.35. The molecule has 0 bridgehead atoms. The number of hydrogen-bond acceptors (Lipinski definition) is 3. The average Bonchev–Trinajstić information content (AvgIpc) is 2.25. The van der Waals surface area contributed by atoms with Crippen molar-refractivity contribution in [1.29, 1.82) is 0 Å². The molecule has 0 amide bonds. The molecule has 5 nitrogen and oxygen atoms in total. The predicted octanol–water partition coefficient (Wildman–Crippen LogP) is 1.31. The molecule has 0 saturated carbocycles. The Hall–Kier alpha value is -1.47. The van der Waals surface area contributed by atoms with Gasteiger partial charge in [0.15, 0.2) is 0 Å². The molecule has 7 heteroatoms. The number of nitrogens with zero attached hydrogens (tertiary/aromatic N) is 1. The molecule has 18 heavy (non-hydrogen) atoms. The van der Waals surface area contributed by atoms with Crippen molar-refractivity contribution in [2.45, 2.75) is 24.8 Å². The largest absolute Gasteiger partial charge is 0.480 e. The quantitative estimate of drug-likeness (QED) is 0.879. The zero-order valence-electron chi connectivity index (χ0n) is 10.00. The highest BCUT2D eigenvalue weighted by Gasteiger charge is 2.30. The van der Waals surface area contributed by atoms with E-state index in [0.29, 0.717) is 0 Å². The van der Waals surface area contributed by atoms with Crippen LogP contribution in [0.3, 0.4) is 0 Å². The maximum atomic E-state index is 13.5. The third kappa shape index (κ3) is 3.05. The van der Waals surface area contributed by atoms with Gasteiger partial charge in [-0.1, -0.05) is 12.1 Å². The summed E-state index contributed by atoms with van der Waals surface area (Å²) >= 11 is 0. The summed E-state index contributed by atoms with van der Waals surface area (Å²) in [6, 6.07) is 4.31. The van der Waals surface area contributed by atoms with Crippen molar-refractivity contribution in [3.8, 4) is 0 Å². The molecular weight excluding hydrogens is 261 g/mol. The first-order valence-corrected chi connectivity index (χ1v) is 6.69. The molecule has 1 aromatic carbocycles. The molecule has 0 aliphatic heterocycles. The van der Waals surface area contributed by atoms with E-state index in [4.69, 9.17) is 5.11 Å². The highest BCUT2D eigenvalue weighted by molar-refractivity contribution is 7.89. The number of halogens is 1. The number of carbonyl (C=O) groups is 1. The van der Waals surface area contributed by atoms with E-state index in [0.717, 1.165) is 16.4 Å². The van der Waals surface area contributed by atoms with E-state index >= 15 is 0 Å². The van der Waals surface area contributed by atoms with Crippen molar-refractivity contribution >= 4 is 16.0 Å². The van der Waals surface area contributed by atoms with Crippen LogP contribution in [0.1, 0.15) is 13.8 Å². The fourth-order valence-electron chi connectivity index (χ4n) is 1.46. The summed E-state index contributed by atoms with van der Waals surface area (Å²) < 4.78 is 38.5. The monoisotopic (exact) mass is 275 g/mol. The van der Waals surface area contributed by atoms with Gasteiger partial charge in [-0.05, 0) is 26.0 Å².